The van der Waals surface area contributed by atoms with Crippen molar-refractivity contribution in [1.82, 2.24) is 9.88 Å². The van der Waals surface area contributed by atoms with Gasteiger partial charge in [0.2, 0.25) is 0 Å². The number of fused-ring (bicyclic) bond motifs is 3. The Morgan fingerprint density at radius 2 is 2.04 bits per heavy atom. The van der Waals surface area contributed by atoms with Gasteiger partial charge in [0.05, 0.1) is 18.6 Å². The predicted molar refractivity (Wildman–Crippen MR) is 102 cm³/mol. The van der Waals surface area contributed by atoms with Crippen molar-refractivity contribution < 1.29 is 4.74 Å². The molecule has 1 aromatic heterocycles. The van der Waals surface area contributed by atoms with Crippen LogP contribution in [0.2, 0.25) is 5.02 Å². The van der Waals surface area contributed by atoms with Crippen LogP contribution in [0.1, 0.15) is 22.9 Å². The van der Waals surface area contributed by atoms with Crippen LogP contribution in [0, 0.1) is 0 Å². The molecule has 5 heteroatoms. The SMILES string of the molecule is COc1ccc(C2c3[nH]c4ccc(Cl)cc4c3CCN2C=S)cc1. The summed E-state index contributed by atoms with van der Waals surface area (Å²) in [4.78, 5) is 5.79. The maximum Gasteiger partial charge on any atom is 0.118 e. The number of hydrogen-bond acceptors (Lipinski definition) is 2. The van der Waals surface area contributed by atoms with Crippen LogP contribution in [0.4, 0.5) is 0 Å². The number of nitrogens with zero attached hydrogens (tertiary/aromatic N) is 1. The summed E-state index contributed by atoms with van der Waals surface area (Å²) in [5.74, 6) is 0.854. The molecule has 1 aliphatic heterocycles. The third-order valence-corrected chi connectivity index (χ3v) is 5.20. The van der Waals surface area contributed by atoms with E-state index in [-0.39, 0.29) is 6.04 Å². The van der Waals surface area contributed by atoms with Crippen molar-refractivity contribution in [3.63, 3.8) is 0 Å². The lowest BCUT2D eigenvalue weighted by atomic mass is 9.93. The molecule has 0 aliphatic carbocycles. The van der Waals surface area contributed by atoms with Crippen LogP contribution in [0.15, 0.2) is 42.5 Å². The topological polar surface area (TPSA) is 28.3 Å². The minimum atomic E-state index is 0.0864. The van der Waals surface area contributed by atoms with Crippen molar-refractivity contribution in [2.45, 2.75) is 12.5 Å². The molecule has 1 atom stereocenters. The summed E-state index contributed by atoms with van der Waals surface area (Å²) in [6.07, 6.45) is 0.954. The first-order valence-electron chi connectivity index (χ1n) is 7.86. The van der Waals surface area contributed by atoms with E-state index in [4.69, 9.17) is 28.6 Å². The molecule has 4 rings (SSSR count). The van der Waals surface area contributed by atoms with Crippen LogP contribution in [-0.2, 0) is 6.42 Å². The van der Waals surface area contributed by atoms with Crippen LogP contribution >= 0.6 is 23.8 Å². The first-order chi connectivity index (χ1) is 11.7. The highest BCUT2D eigenvalue weighted by molar-refractivity contribution is 7.78. The van der Waals surface area contributed by atoms with E-state index < -0.39 is 0 Å². The van der Waals surface area contributed by atoms with Crippen LogP contribution in [0.3, 0.4) is 0 Å². The van der Waals surface area contributed by atoms with Crippen LogP contribution < -0.4 is 4.74 Å². The largest absolute Gasteiger partial charge is 0.497 e. The highest BCUT2D eigenvalue weighted by Crippen LogP contribution is 2.38. The summed E-state index contributed by atoms with van der Waals surface area (Å²) in [5, 5.41) is 1.97. The monoisotopic (exact) mass is 356 g/mol. The Morgan fingerprint density at radius 3 is 2.75 bits per heavy atom. The molecule has 1 aliphatic rings. The quantitative estimate of drug-likeness (QED) is 0.687. The van der Waals surface area contributed by atoms with E-state index in [1.807, 2.05) is 30.3 Å². The number of hydrogen-bond donors (Lipinski definition) is 1. The Hall–Kier alpha value is -2.04. The number of methoxy groups -OCH3 is 1. The second-order valence-electron chi connectivity index (χ2n) is 5.98. The number of aromatic nitrogens is 1. The number of ether oxygens (including phenoxy) is 1. The minimum Gasteiger partial charge on any atom is -0.497 e. The number of H-pyrrole nitrogens is 1. The molecular weight excluding hydrogens is 340 g/mol. The van der Waals surface area contributed by atoms with E-state index in [2.05, 4.69) is 22.0 Å². The lowest BCUT2D eigenvalue weighted by Crippen LogP contribution is -2.34. The molecule has 3 aromatic rings. The van der Waals surface area contributed by atoms with Crippen molar-refractivity contribution in [3.05, 3.63) is 64.3 Å². The molecule has 0 fully saturated rings. The number of thiocarbonyl (C=S) groups is 1. The zero-order chi connectivity index (χ0) is 16.7. The van der Waals surface area contributed by atoms with Crippen LogP contribution in [0.5, 0.6) is 5.75 Å². The third-order valence-electron chi connectivity index (χ3n) is 4.69. The lowest BCUT2D eigenvalue weighted by Gasteiger charge is -2.34. The Morgan fingerprint density at radius 1 is 1.25 bits per heavy atom. The molecule has 0 bridgehead atoms. The Bertz CT molecular complexity index is 904. The van der Waals surface area contributed by atoms with Gasteiger partial charge in [-0.2, -0.15) is 0 Å². The standard InChI is InChI=1S/C19H17ClN2OS/c1-23-14-5-2-12(3-6-14)19-18-15(8-9-22(19)11-24)16-10-13(20)4-7-17(16)21-18/h2-7,10-11,19,21H,8-9H2,1H3. The highest BCUT2D eigenvalue weighted by Gasteiger charge is 2.30. The first kappa shape index (κ1) is 15.5. The van der Waals surface area contributed by atoms with Crippen molar-refractivity contribution in [2.24, 2.45) is 0 Å². The summed E-state index contributed by atoms with van der Waals surface area (Å²) < 4.78 is 5.28. The fourth-order valence-electron chi connectivity index (χ4n) is 3.54. The minimum absolute atomic E-state index is 0.0864. The van der Waals surface area contributed by atoms with E-state index in [0.717, 1.165) is 29.3 Å². The number of rotatable bonds is 3. The van der Waals surface area contributed by atoms with Crippen molar-refractivity contribution in [3.8, 4) is 5.75 Å². The van der Waals surface area contributed by atoms with E-state index in [0.29, 0.717) is 0 Å². The number of aromatic amines is 1. The molecule has 1 unspecified atom stereocenters. The summed E-state index contributed by atoms with van der Waals surface area (Å²) >= 11 is 11.5. The average molecular weight is 357 g/mol. The fourth-order valence-corrected chi connectivity index (χ4v) is 3.94. The van der Waals surface area contributed by atoms with E-state index >= 15 is 0 Å². The molecule has 3 nitrogen and oxygen atoms in total. The van der Waals surface area contributed by atoms with Crippen LogP contribution in [0.25, 0.3) is 10.9 Å². The van der Waals surface area contributed by atoms with Gasteiger partial charge < -0.3 is 14.6 Å². The van der Waals surface area contributed by atoms with Crippen molar-refractivity contribution >= 4 is 40.2 Å². The van der Waals surface area contributed by atoms with Gasteiger partial charge in [0.15, 0.2) is 0 Å². The van der Waals surface area contributed by atoms with Crippen molar-refractivity contribution in [1.29, 1.82) is 0 Å². The zero-order valence-electron chi connectivity index (χ0n) is 13.3. The Labute approximate surface area is 151 Å². The third kappa shape index (κ3) is 2.46. The number of halogens is 1. The van der Waals surface area contributed by atoms with Crippen molar-refractivity contribution in [2.75, 3.05) is 13.7 Å². The maximum atomic E-state index is 6.20. The Kier molecular flexibility index (Phi) is 3.94. The second kappa shape index (κ2) is 6.11. The van der Waals surface area contributed by atoms with Gasteiger partial charge in [0.25, 0.3) is 0 Å². The smallest absolute Gasteiger partial charge is 0.118 e. The molecule has 0 saturated carbocycles. The van der Waals surface area contributed by atoms with Gasteiger partial charge in [-0.3, -0.25) is 0 Å². The molecule has 24 heavy (non-hydrogen) atoms. The Balaban J connectivity index is 1.88. The summed E-state index contributed by atoms with van der Waals surface area (Å²) in [6.45, 7) is 0.895. The molecule has 0 amide bonds. The summed E-state index contributed by atoms with van der Waals surface area (Å²) in [6, 6.07) is 14.3. The van der Waals surface area contributed by atoms with E-state index in [1.54, 1.807) is 12.6 Å². The van der Waals surface area contributed by atoms with Gasteiger partial charge >= 0.3 is 0 Å². The van der Waals surface area contributed by atoms with Gasteiger partial charge in [0.1, 0.15) is 5.75 Å². The van der Waals surface area contributed by atoms with E-state index in [1.165, 1.54) is 22.2 Å². The predicted octanol–water partition coefficient (Wildman–Crippen LogP) is 4.73. The van der Waals surface area contributed by atoms with Gasteiger partial charge in [-0.05, 0) is 47.9 Å². The number of nitrogens with one attached hydrogen (secondary N) is 1. The molecule has 1 N–H and O–H groups in total. The maximum absolute atomic E-state index is 6.20. The average Bonchev–Trinajstić information content (AvgIpc) is 2.98. The number of benzene rings is 2. The van der Waals surface area contributed by atoms with Gasteiger partial charge in [-0.15, -0.1) is 0 Å². The molecule has 0 radical (unpaired) electrons. The molecule has 122 valence electrons. The van der Waals surface area contributed by atoms with Crippen LogP contribution in [-0.4, -0.2) is 29.0 Å². The second-order valence-corrected chi connectivity index (χ2v) is 6.62. The zero-order valence-corrected chi connectivity index (χ0v) is 14.8. The van der Waals surface area contributed by atoms with E-state index in [9.17, 15) is 0 Å². The fraction of sp³-hybridized carbons (Fsp3) is 0.211. The summed E-state index contributed by atoms with van der Waals surface area (Å²) in [7, 11) is 1.68. The van der Waals surface area contributed by atoms with Gasteiger partial charge in [-0.25, -0.2) is 0 Å². The normalized spacial score (nSPS) is 16.9. The molecular formula is C19H17ClN2OS. The highest BCUT2D eigenvalue weighted by atomic mass is 35.5. The molecule has 0 saturated heterocycles. The van der Waals surface area contributed by atoms with Gasteiger partial charge in [0, 0.05) is 28.2 Å². The van der Waals surface area contributed by atoms with Gasteiger partial charge in [-0.1, -0.05) is 36.0 Å². The molecule has 2 aromatic carbocycles. The molecule has 2 heterocycles. The summed E-state index contributed by atoms with van der Waals surface area (Å²) in [5.41, 5.74) is 6.60. The lowest BCUT2D eigenvalue weighted by molar-refractivity contribution is 0.349. The molecule has 0 spiro atoms. The first-order valence-corrected chi connectivity index (χ1v) is 8.71.